The van der Waals surface area contributed by atoms with E-state index in [1.54, 1.807) is 0 Å². The lowest BCUT2D eigenvalue weighted by Crippen LogP contribution is -2.65. The fourth-order valence-corrected chi connectivity index (χ4v) is 2.68. The highest BCUT2D eigenvalue weighted by atomic mass is 28.4. The molecule has 0 bridgehead atoms. The molecular weight excluding hydrogens is 351 g/mol. The van der Waals surface area contributed by atoms with Gasteiger partial charge >= 0.3 is 18.0 Å². The van der Waals surface area contributed by atoms with Gasteiger partial charge in [-0.25, -0.2) is 0 Å². The number of nitrogens with zero attached hydrogens (tertiary/aromatic N) is 1. The molecule has 0 aromatic carbocycles. The van der Waals surface area contributed by atoms with E-state index in [4.69, 9.17) is 9.69 Å². The molecular formula is C12H16F7NO2Si. The minimum Gasteiger partial charge on any atom is -0.502 e. The number of hydrogen-bond donors (Lipinski definition) is 0. The molecule has 1 unspecified atom stereocenters. The molecule has 3 nitrogen and oxygen atoms in total. The van der Waals surface area contributed by atoms with Gasteiger partial charge in [0.05, 0.1) is 12.9 Å². The summed E-state index contributed by atoms with van der Waals surface area (Å²) in [5, 5.41) is 8.96. The van der Waals surface area contributed by atoms with Crippen LogP contribution in [0.25, 0.3) is 0 Å². The van der Waals surface area contributed by atoms with Crippen molar-refractivity contribution < 1.29 is 39.9 Å². The van der Waals surface area contributed by atoms with Crippen LogP contribution in [0.2, 0.25) is 19.6 Å². The molecule has 1 atom stereocenters. The molecule has 0 amide bonds. The van der Waals surface area contributed by atoms with Crippen molar-refractivity contribution in [2.45, 2.75) is 50.2 Å². The summed E-state index contributed by atoms with van der Waals surface area (Å²) in [6.07, 6.45) is -6.03. The molecule has 0 aromatic rings. The van der Waals surface area contributed by atoms with Gasteiger partial charge in [-0.3, -0.25) is 0 Å². The van der Waals surface area contributed by atoms with Gasteiger partial charge in [-0.15, -0.1) is 0 Å². The summed E-state index contributed by atoms with van der Waals surface area (Å²) in [5.41, 5.74) is -3.83. The number of rotatable bonds is 7. The Kier molecular flexibility index (Phi) is 6.31. The summed E-state index contributed by atoms with van der Waals surface area (Å²) in [4.78, 5) is 0. The van der Waals surface area contributed by atoms with Crippen LogP contribution in [-0.4, -0.2) is 38.5 Å². The van der Waals surface area contributed by atoms with Crippen LogP contribution < -0.4 is 0 Å². The first kappa shape index (κ1) is 21.7. The number of alkyl halides is 7. The van der Waals surface area contributed by atoms with Crippen LogP contribution in [0, 0.1) is 11.3 Å². The van der Waals surface area contributed by atoms with E-state index in [-0.39, 0.29) is 12.7 Å². The van der Waals surface area contributed by atoms with Crippen molar-refractivity contribution in [1.29, 1.82) is 5.26 Å². The molecule has 134 valence electrons. The third-order valence-corrected chi connectivity index (χ3v) is 3.35. The van der Waals surface area contributed by atoms with E-state index in [0.717, 1.165) is 6.07 Å². The molecule has 0 radical (unpaired) electrons. The third kappa shape index (κ3) is 4.38. The molecule has 0 saturated heterocycles. The largest absolute Gasteiger partial charge is 0.502 e. The van der Waals surface area contributed by atoms with Gasteiger partial charge in [0.15, 0.2) is 8.32 Å². The van der Waals surface area contributed by atoms with Crippen molar-refractivity contribution in [3.8, 4) is 6.07 Å². The first-order valence-electron chi connectivity index (χ1n) is 6.31. The Morgan fingerprint density at radius 1 is 1.00 bits per heavy atom. The maximum Gasteiger partial charge on any atom is 0.460 e. The van der Waals surface area contributed by atoms with Gasteiger partial charge in [0.25, 0.3) is 0 Å². The predicted molar refractivity (Wildman–Crippen MR) is 69.5 cm³/mol. The van der Waals surface area contributed by atoms with Crippen molar-refractivity contribution in [3.05, 3.63) is 12.3 Å². The molecule has 23 heavy (non-hydrogen) atoms. The van der Waals surface area contributed by atoms with Crippen LogP contribution in [0.15, 0.2) is 12.3 Å². The fraction of sp³-hybridized carbons (Fsp3) is 0.750. The number of hydrogen-bond acceptors (Lipinski definition) is 3. The quantitative estimate of drug-likeness (QED) is 0.378. The second-order valence-corrected chi connectivity index (χ2v) is 9.90. The van der Waals surface area contributed by atoms with Gasteiger partial charge in [-0.1, -0.05) is 0 Å². The zero-order valence-corrected chi connectivity index (χ0v) is 13.8. The van der Waals surface area contributed by atoms with Crippen molar-refractivity contribution in [2.24, 2.45) is 0 Å². The van der Waals surface area contributed by atoms with Gasteiger partial charge in [0, 0.05) is 6.08 Å². The average Bonchev–Trinajstić information content (AvgIpc) is 2.34. The summed E-state index contributed by atoms with van der Waals surface area (Å²) in [7, 11) is -3.13. The van der Waals surface area contributed by atoms with Crippen LogP contribution in [0.4, 0.5) is 30.7 Å². The van der Waals surface area contributed by atoms with Gasteiger partial charge in [-0.2, -0.15) is 36.0 Å². The van der Waals surface area contributed by atoms with Crippen LogP contribution in [-0.2, 0) is 9.16 Å². The SMILES string of the molecule is CCO/C=C/C(C#N)(O[Si](C)(C)C)C(F)(F)C(F)(F)C(F)(F)F. The Morgan fingerprint density at radius 3 is 1.78 bits per heavy atom. The van der Waals surface area contributed by atoms with E-state index in [2.05, 4.69) is 4.74 Å². The zero-order chi connectivity index (χ0) is 18.7. The molecule has 0 N–H and O–H groups in total. The third-order valence-electron chi connectivity index (χ3n) is 2.42. The maximum atomic E-state index is 14.1. The van der Waals surface area contributed by atoms with E-state index in [0.29, 0.717) is 6.26 Å². The highest BCUT2D eigenvalue weighted by molar-refractivity contribution is 6.69. The predicted octanol–water partition coefficient (Wildman–Crippen LogP) is 4.48. The summed E-state index contributed by atoms with van der Waals surface area (Å²) in [6, 6.07) is 0.765. The standard InChI is InChI=1S/C12H16F7NO2Si/c1-5-21-7-6-9(8-20,22-23(2,3)4)10(13,14)11(15,16)12(17,18)19/h6-7H,5H2,1-4H3/b7-6+. The van der Waals surface area contributed by atoms with E-state index in [9.17, 15) is 30.7 Å². The highest BCUT2D eigenvalue weighted by Crippen LogP contribution is 2.53. The van der Waals surface area contributed by atoms with Crippen molar-refractivity contribution in [3.63, 3.8) is 0 Å². The highest BCUT2D eigenvalue weighted by Gasteiger charge is 2.80. The van der Waals surface area contributed by atoms with E-state index in [1.165, 1.54) is 26.6 Å². The van der Waals surface area contributed by atoms with Gasteiger partial charge < -0.3 is 9.16 Å². The van der Waals surface area contributed by atoms with E-state index in [1.807, 2.05) is 0 Å². The molecule has 0 rings (SSSR count). The van der Waals surface area contributed by atoms with Crippen LogP contribution >= 0.6 is 0 Å². The lowest BCUT2D eigenvalue weighted by molar-refractivity contribution is -0.373. The Hall–Kier alpha value is -1.28. The lowest BCUT2D eigenvalue weighted by Gasteiger charge is -2.40. The molecule has 0 spiro atoms. The minimum absolute atomic E-state index is 0.0772. The van der Waals surface area contributed by atoms with Crippen LogP contribution in [0.5, 0.6) is 0 Å². The smallest absolute Gasteiger partial charge is 0.460 e. The lowest BCUT2D eigenvalue weighted by atomic mass is 9.91. The van der Waals surface area contributed by atoms with Crippen molar-refractivity contribution in [1.82, 2.24) is 0 Å². The first-order valence-corrected chi connectivity index (χ1v) is 9.72. The summed E-state index contributed by atoms with van der Waals surface area (Å²) in [5.74, 6) is -12.4. The van der Waals surface area contributed by atoms with E-state index < -0.39 is 31.9 Å². The number of ether oxygens (including phenoxy) is 1. The molecule has 0 fully saturated rings. The summed E-state index contributed by atoms with van der Waals surface area (Å²) < 4.78 is 101. The maximum absolute atomic E-state index is 14.1. The van der Waals surface area contributed by atoms with Crippen LogP contribution in [0.3, 0.4) is 0 Å². The van der Waals surface area contributed by atoms with Gasteiger partial charge in [0.2, 0.25) is 5.60 Å². The Balaban J connectivity index is 6.27. The van der Waals surface area contributed by atoms with E-state index >= 15 is 0 Å². The van der Waals surface area contributed by atoms with Gasteiger partial charge in [0.1, 0.15) is 6.07 Å². The molecule has 11 heteroatoms. The monoisotopic (exact) mass is 367 g/mol. The molecule has 0 heterocycles. The minimum atomic E-state index is -6.57. The number of nitriles is 1. The number of halogens is 7. The van der Waals surface area contributed by atoms with Crippen molar-refractivity contribution in [2.75, 3.05) is 6.61 Å². The van der Waals surface area contributed by atoms with Crippen molar-refractivity contribution >= 4 is 8.32 Å². The van der Waals surface area contributed by atoms with Gasteiger partial charge in [-0.05, 0) is 26.6 Å². The molecule has 0 aliphatic carbocycles. The second kappa shape index (κ2) is 6.68. The molecule has 0 aromatic heterocycles. The first-order chi connectivity index (χ1) is 10.1. The molecule has 0 saturated carbocycles. The Bertz CT molecular complexity index is 479. The second-order valence-electron chi connectivity index (χ2n) is 5.47. The zero-order valence-electron chi connectivity index (χ0n) is 12.8. The Labute approximate surface area is 129 Å². The average molecular weight is 367 g/mol. The Morgan fingerprint density at radius 2 is 1.48 bits per heavy atom. The fourth-order valence-electron chi connectivity index (χ4n) is 1.47. The van der Waals surface area contributed by atoms with Crippen LogP contribution in [0.1, 0.15) is 6.92 Å². The summed E-state index contributed by atoms with van der Waals surface area (Å²) in [6.45, 7) is 5.12. The topological polar surface area (TPSA) is 42.2 Å². The molecule has 0 aliphatic rings. The summed E-state index contributed by atoms with van der Waals surface area (Å²) >= 11 is 0. The molecule has 0 aliphatic heterocycles. The normalized spacial score (nSPS) is 17.0.